The van der Waals surface area contributed by atoms with Gasteiger partial charge in [0.1, 0.15) is 0 Å². The van der Waals surface area contributed by atoms with E-state index in [1.165, 1.54) is 0 Å². The Kier molecular flexibility index (Phi) is 9.11. The lowest BCUT2D eigenvalue weighted by molar-refractivity contribution is 0.0963. The van der Waals surface area contributed by atoms with Gasteiger partial charge in [0.05, 0.1) is 19.8 Å². The number of aliphatic hydroxyl groups is 1. The third-order valence-electron chi connectivity index (χ3n) is 4.57. The van der Waals surface area contributed by atoms with Gasteiger partial charge in [-0.25, -0.2) is 4.79 Å². The van der Waals surface area contributed by atoms with E-state index < -0.39 is 0 Å². The number of aliphatic hydroxyl groups excluding tert-OH is 1. The first-order valence-electron chi connectivity index (χ1n) is 8.70. The summed E-state index contributed by atoms with van der Waals surface area (Å²) in [6.45, 7) is 7.38. The number of halogens is 1. The van der Waals surface area contributed by atoms with Crippen LogP contribution in [0.4, 0.5) is 4.79 Å². The summed E-state index contributed by atoms with van der Waals surface area (Å²) in [5, 5.41) is 16.1. The largest absolute Gasteiger partial charge is 0.450 e. The number of rotatable bonds is 6. The van der Waals surface area contributed by atoms with E-state index in [-0.39, 0.29) is 42.1 Å². The molecule has 0 aromatic heterocycles. The Hall–Kier alpha value is -0.770. The zero-order valence-corrected chi connectivity index (χ0v) is 17.0. The number of amides is 1. The standard InChI is InChI=1S/C16H30N4O3.HI/c1-3-17-14(18-11-16(12-21)7-8-16)19-13-5-9-20(10-6-13)15(22)23-4-2;/h13,21H,3-12H2,1-2H3,(H2,17,18,19);1H. The van der Waals surface area contributed by atoms with Crippen LogP contribution in [0.15, 0.2) is 4.99 Å². The highest BCUT2D eigenvalue weighted by Crippen LogP contribution is 2.45. The Morgan fingerprint density at radius 2 is 2.00 bits per heavy atom. The third kappa shape index (κ3) is 6.27. The van der Waals surface area contributed by atoms with Gasteiger partial charge in [-0.3, -0.25) is 4.99 Å². The number of guanidine groups is 1. The minimum Gasteiger partial charge on any atom is -0.450 e. The summed E-state index contributed by atoms with van der Waals surface area (Å²) >= 11 is 0. The van der Waals surface area contributed by atoms with E-state index in [4.69, 9.17) is 4.74 Å². The number of hydrogen-bond donors (Lipinski definition) is 3. The van der Waals surface area contributed by atoms with Gasteiger partial charge in [-0.2, -0.15) is 0 Å². The molecule has 2 rings (SSSR count). The topological polar surface area (TPSA) is 86.2 Å². The molecule has 7 nitrogen and oxygen atoms in total. The van der Waals surface area contributed by atoms with E-state index in [0.29, 0.717) is 32.3 Å². The predicted molar refractivity (Wildman–Crippen MR) is 105 cm³/mol. The van der Waals surface area contributed by atoms with Gasteiger partial charge in [0, 0.05) is 31.1 Å². The molecule has 0 atom stereocenters. The molecule has 24 heavy (non-hydrogen) atoms. The minimum atomic E-state index is -0.217. The average Bonchev–Trinajstić information content (AvgIpc) is 3.34. The zero-order valence-electron chi connectivity index (χ0n) is 14.7. The SMILES string of the molecule is CCNC(=NCC1(CO)CC1)NC1CCN(C(=O)OCC)CC1.I. The van der Waals surface area contributed by atoms with Gasteiger partial charge in [0.25, 0.3) is 0 Å². The summed E-state index contributed by atoms with van der Waals surface area (Å²) in [4.78, 5) is 18.1. The number of aliphatic imine (C=N–C) groups is 1. The van der Waals surface area contributed by atoms with Crippen LogP contribution in [0.3, 0.4) is 0 Å². The maximum absolute atomic E-state index is 11.7. The van der Waals surface area contributed by atoms with E-state index in [0.717, 1.165) is 38.2 Å². The molecule has 1 saturated heterocycles. The number of carbonyl (C=O) groups excluding carboxylic acids is 1. The summed E-state index contributed by atoms with van der Waals surface area (Å²) in [6.07, 6.45) is 3.67. The summed E-state index contributed by atoms with van der Waals surface area (Å²) in [5.41, 5.74) is 0.0234. The fourth-order valence-corrected chi connectivity index (χ4v) is 2.72. The lowest BCUT2D eigenvalue weighted by Gasteiger charge is -2.32. The Morgan fingerprint density at radius 1 is 1.33 bits per heavy atom. The van der Waals surface area contributed by atoms with Crippen molar-refractivity contribution in [2.45, 2.75) is 45.6 Å². The highest BCUT2D eigenvalue weighted by atomic mass is 127. The number of likely N-dealkylation sites (tertiary alicyclic amines) is 1. The second-order valence-electron chi connectivity index (χ2n) is 6.46. The molecule has 8 heteroatoms. The molecule has 0 aromatic rings. The maximum Gasteiger partial charge on any atom is 0.409 e. The number of carbonyl (C=O) groups is 1. The van der Waals surface area contributed by atoms with Gasteiger partial charge in [0.15, 0.2) is 5.96 Å². The molecule has 0 radical (unpaired) electrons. The molecule has 140 valence electrons. The van der Waals surface area contributed by atoms with Crippen molar-refractivity contribution in [2.24, 2.45) is 10.4 Å². The maximum atomic E-state index is 11.7. The Labute approximate surface area is 161 Å². The van der Waals surface area contributed by atoms with Crippen molar-refractivity contribution in [1.82, 2.24) is 15.5 Å². The number of nitrogens with zero attached hydrogens (tertiary/aromatic N) is 2. The van der Waals surface area contributed by atoms with Crippen LogP contribution in [-0.4, -0.2) is 67.5 Å². The molecule has 0 bridgehead atoms. The van der Waals surface area contributed by atoms with Crippen molar-refractivity contribution >= 4 is 36.0 Å². The van der Waals surface area contributed by atoms with Crippen LogP contribution in [0.2, 0.25) is 0 Å². The van der Waals surface area contributed by atoms with Crippen molar-refractivity contribution in [3.63, 3.8) is 0 Å². The number of hydrogen-bond acceptors (Lipinski definition) is 4. The van der Waals surface area contributed by atoms with Gasteiger partial charge < -0.3 is 25.4 Å². The highest BCUT2D eigenvalue weighted by molar-refractivity contribution is 14.0. The lowest BCUT2D eigenvalue weighted by Crippen LogP contribution is -2.50. The average molecular weight is 454 g/mol. The van der Waals surface area contributed by atoms with Gasteiger partial charge >= 0.3 is 6.09 Å². The van der Waals surface area contributed by atoms with Crippen LogP contribution in [-0.2, 0) is 4.74 Å². The second kappa shape index (κ2) is 10.3. The molecule has 0 spiro atoms. The summed E-state index contributed by atoms with van der Waals surface area (Å²) < 4.78 is 5.04. The van der Waals surface area contributed by atoms with E-state index >= 15 is 0 Å². The molecule has 1 amide bonds. The minimum absolute atomic E-state index is 0. The first kappa shape index (κ1) is 21.3. The monoisotopic (exact) mass is 454 g/mol. The first-order valence-corrected chi connectivity index (χ1v) is 8.70. The molecule has 2 aliphatic rings. The Balaban J connectivity index is 0.00000288. The van der Waals surface area contributed by atoms with E-state index in [2.05, 4.69) is 15.6 Å². The van der Waals surface area contributed by atoms with E-state index in [1.54, 1.807) is 4.90 Å². The molecule has 1 aliphatic carbocycles. The Bertz CT molecular complexity index is 422. The van der Waals surface area contributed by atoms with Crippen LogP contribution in [0, 0.1) is 5.41 Å². The number of ether oxygens (including phenoxy) is 1. The van der Waals surface area contributed by atoms with Crippen molar-refractivity contribution in [1.29, 1.82) is 0 Å². The van der Waals surface area contributed by atoms with Crippen molar-refractivity contribution in [3.8, 4) is 0 Å². The van der Waals surface area contributed by atoms with Crippen LogP contribution in [0.5, 0.6) is 0 Å². The molecule has 1 heterocycles. The first-order chi connectivity index (χ1) is 11.1. The molecule has 3 N–H and O–H groups in total. The molecular weight excluding hydrogens is 423 g/mol. The zero-order chi connectivity index (χ0) is 16.7. The fraction of sp³-hybridized carbons (Fsp3) is 0.875. The van der Waals surface area contributed by atoms with Crippen LogP contribution < -0.4 is 10.6 Å². The third-order valence-corrected chi connectivity index (χ3v) is 4.57. The van der Waals surface area contributed by atoms with Gasteiger partial charge in [-0.15, -0.1) is 24.0 Å². The molecule has 1 saturated carbocycles. The normalized spacial score (nSPS) is 20.1. The summed E-state index contributed by atoms with van der Waals surface area (Å²) in [7, 11) is 0. The molecular formula is C16H31IN4O3. The molecule has 1 aliphatic heterocycles. The van der Waals surface area contributed by atoms with Gasteiger partial charge in [-0.1, -0.05) is 0 Å². The quantitative estimate of drug-likeness (QED) is 0.322. The van der Waals surface area contributed by atoms with Crippen LogP contribution >= 0.6 is 24.0 Å². The lowest BCUT2D eigenvalue weighted by atomic mass is 10.1. The Morgan fingerprint density at radius 3 is 2.50 bits per heavy atom. The van der Waals surface area contributed by atoms with Crippen molar-refractivity contribution in [2.75, 3.05) is 39.4 Å². The van der Waals surface area contributed by atoms with Gasteiger partial charge in [-0.05, 0) is 39.5 Å². The highest BCUT2D eigenvalue weighted by Gasteiger charge is 2.41. The van der Waals surface area contributed by atoms with Gasteiger partial charge in [0.2, 0.25) is 0 Å². The van der Waals surface area contributed by atoms with E-state index in [1.807, 2.05) is 13.8 Å². The van der Waals surface area contributed by atoms with E-state index in [9.17, 15) is 9.90 Å². The van der Waals surface area contributed by atoms with Crippen molar-refractivity contribution in [3.05, 3.63) is 0 Å². The second-order valence-corrected chi connectivity index (χ2v) is 6.46. The predicted octanol–water partition coefficient (Wildman–Crippen LogP) is 1.55. The summed E-state index contributed by atoms with van der Waals surface area (Å²) in [6, 6.07) is 0.308. The summed E-state index contributed by atoms with van der Waals surface area (Å²) in [5.74, 6) is 0.807. The smallest absolute Gasteiger partial charge is 0.409 e. The number of nitrogens with one attached hydrogen (secondary N) is 2. The molecule has 0 unspecified atom stereocenters. The molecule has 0 aromatic carbocycles. The van der Waals surface area contributed by atoms with Crippen molar-refractivity contribution < 1.29 is 14.6 Å². The van der Waals surface area contributed by atoms with Crippen LogP contribution in [0.25, 0.3) is 0 Å². The van der Waals surface area contributed by atoms with Crippen LogP contribution in [0.1, 0.15) is 39.5 Å². The molecule has 2 fully saturated rings. The fourth-order valence-electron chi connectivity index (χ4n) is 2.72. The number of piperidine rings is 1.